The van der Waals surface area contributed by atoms with Crippen molar-refractivity contribution >= 4 is 7.60 Å². The first-order valence-electron chi connectivity index (χ1n) is 9.50. The molecule has 0 aliphatic rings. The van der Waals surface area contributed by atoms with Crippen molar-refractivity contribution in [3.05, 3.63) is 126 Å². The molecule has 0 atom stereocenters. The fraction of sp³-hybridized carbons (Fsp3) is 0.0400. The molecule has 5 heteroatoms. The quantitative estimate of drug-likeness (QED) is 0.295. The van der Waals surface area contributed by atoms with Gasteiger partial charge in [0, 0.05) is 5.56 Å². The monoisotopic (exact) mass is 416 g/mol. The van der Waals surface area contributed by atoms with E-state index in [0.29, 0.717) is 11.1 Å². The van der Waals surface area contributed by atoms with Crippen LogP contribution in [0.5, 0.6) is 5.75 Å². The smallest absolute Gasteiger partial charge is 0.344 e. The lowest BCUT2D eigenvalue weighted by Crippen LogP contribution is -2.29. The van der Waals surface area contributed by atoms with Crippen LogP contribution in [0.25, 0.3) is 11.1 Å². The van der Waals surface area contributed by atoms with E-state index in [1.165, 1.54) is 6.07 Å². The molecule has 4 aromatic carbocycles. The van der Waals surface area contributed by atoms with Crippen molar-refractivity contribution in [1.29, 1.82) is 0 Å². The Kier molecular flexibility index (Phi) is 5.31. The van der Waals surface area contributed by atoms with Gasteiger partial charge in [0.1, 0.15) is 5.75 Å². The van der Waals surface area contributed by atoms with Gasteiger partial charge in [-0.25, -0.2) is 0 Å². The molecule has 30 heavy (non-hydrogen) atoms. The third-order valence-electron chi connectivity index (χ3n) is 5.31. The number of hydrogen-bond acceptors (Lipinski definition) is 2. The van der Waals surface area contributed by atoms with E-state index < -0.39 is 12.8 Å². The number of aromatic hydroxyl groups is 1. The predicted molar refractivity (Wildman–Crippen MR) is 118 cm³/mol. The second-order valence-corrected chi connectivity index (χ2v) is 8.84. The lowest BCUT2D eigenvalue weighted by Gasteiger charge is -2.36. The van der Waals surface area contributed by atoms with Crippen molar-refractivity contribution in [3.63, 3.8) is 0 Å². The molecule has 0 aliphatic heterocycles. The minimum atomic E-state index is -4.87. The third-order valence-corrected chi connectivity index (χ3v) is 6.94. The SMILES string of the molecule is O=P(O)(O)C(c1ccccc1)(c1ccccc1)c1cc(-c2ccccc2)ccc1O. The fourth-order valence-electron chi connectivity index (χ4n) is 3.97. The first-order valence-corrected chi connectivity index (χ1v) is 11.1. The summed E-state index contributed by atoms with van der Waals surface area (Å²) in [6.45, 7) is 0. The molecule has 0 aliphatic carbocycles. The van der Waals surface area contributed by atoms with E-state index in [1.54, 1.807) is 72.8 Å². The van der Waals surface area contributed by atoms with Gasteiger partial charge in [-0.15, -0.1) is 0 Å². The van der Waals surface area contributed by atoms with E-state index >= 15 is 0 Å². The molecule has 4 aromatic rings. The number of phenols is 1. The maximum Gasteiger partial charge on any atom is 0.344 e. The average Bonchev–Trinajstić information content (AvgIpc) is 2.77. The number of hydrogen-bond donors (Lipinski definition) is 3. The molecule has 0 saturated heterocycles. The highest BCUT2D eigenvalue weighted by Crippen LogP contribution is 2.65. The molecule has 0 spiro atoms. The minimum Gasteiger partial charge on any atom is -0.508 e. The Balaban J connectivity index is 2.11. The molecular formula is C25H21O4P. The van der Waals surface area contributed by atoms with Crippen LogP contribution < -0.4 is 0 Å². The zero-order valence-electron chi connectivity index (χ0n) is 16.1. The summed E-state index contributed by atoms with van der Waals surface area (Å²) < 4.78 is 13.2. The van der Waals surface area contributed by atoms with Gasteiger partial charge in [-0.05, 0) is 34.4 Å². The summed E-state index contributed by atoms with van der Waals surface area (Å²) >= 11 is 0. The lowest BCUT2D eigenvalue weighted by molar-refractivity contribution is 0.346. The van der Waals surface area contributed by atoms with Crippen LogP contribution in [-0.4, -0.2) is 14.9 Å². The molecule has 0 fully saturated rings. The molecule has 0 bridgehead atoms. The van der Waals surface area contributed by atoms with E-state index in [-0.39, 0.29) is 11.3 Å². The Morgan fingerprint density at radius 1 is 0.600 bits per heavy atom. The summed E-state index contributed by atoms with van der Waals surface area (Å²) in [5, 5.41) is 9.00. The van der Waals surface area contributed by atoms with E-state index in [0.717, 1.165) is 11.1 Å². The fourth-order valence-corrected chi connectivity index (χ4v) is 5.43. The summed E-state index contributed by atoms with van der Waals surface area (Å²) in [6, 6.07) is 31.7. The number of phenolic OH excluding ortho intramolecular Hbond substituents is 1. The Labute approximate surface area is 175 Å². The van der Waals surface area contributed by atoms with Crippen LogP contribution in [0.4, 0.5) is 0 Å². The second-order valence-electron chi connectivity index (χ2n) is 7.08. The Morgan fingerprint density at radius 2 is 1.07 bits per heavy atom. The van der Waals surface area contributed by atoms with Gasteiger partial charge in [-0.3, -0.25) is 4.57 Å². The van der Waals surface area contributed by atoms with Gasteiger partial charge in [0.15, 0.2) is 5.16 Å². The van der Waals surface area contributed by atoms with Crippen LogP contribution in [0.15, 0.2) is 109 Å². The topological polar surface area (TPSA) is 77.8 Å². The van der Waals surface area contributed by atoms with Crippen molar-refractivity contribution in [2.24, 2.45) is 0 Å². The Hall–Kier alpha value is -3.17. The minimum absolute atomic E-state index is 0.162. The molecule has 0 heterocycles. The third kappa shape index (κ3) is 3.35. The highest BCUT2D eigenvalue weighted by Gasteiger charge is 2.52. The highest BCUT2D eigenvalue weighted by atomic mass is 31.2. The molecule has 0 saturated carbocycles. The summed E-state index contributed by atoms with van der Waals surface area (Å²) in [7, 11) is -4.87. The molecular weight excluding hydrogens is 395 g/mol. The zero-order valence-corrected chi connectivity index (χ0v) is 17.0. The molecule has 0 amide bonds. The van der Waals surface area contributed by atoms with E-state index in [4.69, 9.17) is 0 Å². The van der Waals surface area contributed by atoms with Crippen molar-refractivity contribution in [3.8, 4) is 16.9 Å². The van der Waals surface area contributed by atoms with E-state index in [1.807, 2.05) is 30.3 Å². The van der Waals surface area contributed by atoms with Crippen LogP contribution in [0.2, 0.25) is 0 Å². The standard InChI is InChI=1S/C25H21O4P/c26-24-17-16-20(19-10-4-1-5-11-19)18-23(24)25(30(27,28)29,21-12-6-2-7-13-21)22-14-8-3-9-15-22/h1-18,26H,(H2,27,28,29). The van der Waals surface area contributed by atoms with E-state index in [2.05, 4.69) is 0 Å². The summed E-state index contributed by atoms with van der Waals surface area (Å²) in [5.41, 5.74) is 2.62. The zero-order chi connectivity index (χ0) is 21.2. The molecule has 150 valence electrons. The number of rotatable bonds is 5. The summed E-state index contributed by atoms with van der Waals surface area (Å²) in [6.07, 6.45) is 0. The van der Waals surface area contributed by atoms with Gasteiger partial charge < -0.3 is 14.9 Å². The van der Waals surface area contributed by atoms with Gasteiger partial charge in [0.25, 0.3) is 0 Å². The number of benzene rings is 4. The van der Waals surface area contributed by atoms with Gasteiger partial charge in [0.05, 0.1) is 0 Å². The van der Waals surface area contributed by atoms with Gasteiger partial charge in [-0.2, -0.15) is 0 Å². The summed E-state index contributed by atoms with van der Waals surface area (Å²) in [4.78, 5) is 21.5. The van der Waals surface area contributed by atoms with Crippen LogP contribution in [0, 0.1) is 0 Å². The maximum absolute atomic E-state index is 13.2. The first-order chi connectivity index (χ1) is 14.4. The molecule has 4 rings (SSSR count). The van der Waals surface area contributed by atoms with Crippen LogP contribution in [-0.2, 0) is 9.72 Å². The molecule has 0 radical (unpaired) electrons. The maximum atomic E-state index is 13.2. The van der Waals surface area contributed by atoms with Crippen molar-refractivity contribution < 1.29 is 19.5 Å². The van der Waals surface area contributed by atoms with Gasteiger partial charge in [-0.1, -0.05) is 97.1 Å². The predicted octanol–water partition coefficient (Wildman–Crippen LogP) is 5.53. The molecule has 3 N–H and O–H groups in total. The average molecular weight is 416 g/mol. The first kappa shape index (κ1) is 20.1. The second kappa shape index (κ2) is 7.92. The van der Waals surface area contributed by atoms with Crippen molar-refractivity contribution in [2.45, 2.75) is 5.16 Å². The van der Waals surface area contributed by atoms with Crippen molar-refractivity contribution in [1.82, 2.24) is 0 Å². The largest absolute Gasteiger partial charge is 0.508 e. The van der Waals surface area contributed by atoms with Gasteiger partial charge >= 0.3 is 7.60 Å². The van der Waals surface area contributed by atoms with E-state index in [9.17, 15) is 19.5 Å². The van der Waals surface area contributed by atoms with Crippen LogP contribution in [0.3, 0.4) is 0 Å². The van der Waals surface area contributed by atoms with Crippen LogP contribution in [0.1, 0.15) is 16.7 Å². The summed E-state index contributed by atoms with van der Waals surface area (Å²) in [5.74, 6) is -0.175. The Morgan fingerprint density at radius 3 is 1.53 bits per heavy atom. The normalized spacial score (nSPS) is 11.9. The van der Waals surface area contributed by atoms with Crippen molar-refractivity contribution in [2.75, 3.05) is 0 Å². The molecule has 0 aromatic heterocycles. The molecule has 0 unspecified atom stereocenters. The molecule has 4 nitrogen and oxygen atoms in total. The van der Waals surface area contributed by atoms with Crippen LogP contribution >= 0.6 is 7.60 Å². The Bertz CT molecular complexity index is 1150. The lowest BCUT2D eigenvalue weighted by atomic mass is 9.82. The highest BCUT2D eigenvalue weighted by molar-refractivity contribution is 7.53. The van der Waals surface area contributed by atoms with Gasteiger partial charge in [0.2, 0.25) is 0 Å².